The van der Waals surface area contributed by atoms with Gasteiger partial charge in [-0.25, -0.2) is 0 Å². The lowest BCUT2D eigenvalue weighted by molar-refractivity contribution is 1.41. The smallest absolute Gasteiger partial charge is 0.107 e. The summed E-state index contributed by atoms with van der Waals surface area (Å²) in [6, 6.07) is 11.9. The predicted octanol–water partition coefficient (Wildman–Crippen LogP) is 4.90. The van der Waals surface area contributed by atoms with Crippen LogP contribution in [0.25, 0.3) is 0 Å². The van der Waals surface area contributed by atoms with E-state index in [2.05, 4.69) is 43.2 Å². The molecule has 0 saturated carbocycles. The summed E-state index contributed by atoms with van der Waals surface area (Å²) < 4.78 is 1.97. The van der Waals surface area contributed by atoms with E-state index >= 15 is 0 Å². The van der Waals surface area contributed by atoms with E-state index < -0.39 is 0 Å². The molecule has 0 radical (unpaired) electrons. The summed E-state index contributed by atoms with van der Waals surface area (Å²) >= 11 is 12.1. The van der Waals surface area contributed by atoms with Gasteiger partial charge in [0.15, 0.2) is 0 Å². The summed E-state index contributed by atoms with van der Waals surface area (Å²) in [6.07, 6.45) is 0. The molecule has 2 aromatic rings. The maximum Gasteiger partial charge on any atom is 0.107 e. The number of nitrogens with one attached hydrogen (secondary N) is 1. The van der Waals surface area contributed by atoms with E-state index in [-0.39, 0.29) is 0 Å². The third-order valence-corrected chi connectivity index (χ3v) is 4.45. The monoisotopic (exact) mass is 398 g/mol. The normalized spacial score (nSPS) is 10.3. The maximum absolute atomic E-state index is 5.78. The summed E-state index contributed by atoms with van der Waals surface area (Å²) in [5.74, 6) is 0. The van der Waals surface area contributed by atoms with Crippen LogP contribution in [0.15, 0.2) is 45.3 Å². The number of rotatable bonds is 3. The second-order valence-corrected chi connectivity index (χ2v) is 6.26. The number of aryl methyl sites for hydroxylation is 1. The van der Waals surface area contributed by atoms with Gasteiger partial charge in [-0.2, -0.15) is 0 Å². The van der Waals surface area contributed by atoms with Gasteiger partial charge in [-0.3, -0.25) is 0 Å². The largest absolute Gasteiger partial charge is 0.389 e. The molecule has 98 valence electrons. The topological polar surface area (TPSA) is 38.0 Å². The van der Waals surface area contributed by atoms with E-state index in [0.29, 0.717) is 4.99 Å². The zero-order valence-corrected chi connectivity index (χ0v) is 14.2. The zero-order valence-electron chi connectivity index (χ0n) is 10.2. The van der Waals surface area contributed by atoms with Crippen molar-refractivity contribution in [3.8, 4) is 0 Å². The van der Waals surface area contributed by atoms with Crippen LogP contribution in [-0.4, -0.2) is 4.99 Å². The Balaban J connectivity index is 2.40. The summed E-state index contributed by atoms with van der Waals surface area (Å²) in [5.41, 5.74) is 9.65. The molecule has 0 atom stereocenters. The molecular weight excluding hydrogens is 388 g/mol. The molecule has 0 unspecified atom stereocenters. The molecule has 0 aliphatic rings. The lowest BCUT2D eigenvalue weighted by atomic mass is 10.1. The zero-order chi connectivity index (χ0) is 14.0. The van der Waals surface area contributed by atoms with Crippen LogP contribution in [0.1, 0.15) is 11.1 Å². The third kappa shape index (κ3) is 3.35. The highest BCUT2D eigenvalue weighted by atomic mass is 79.9. The number of hydrogen-bond acceptors (Lipinski definition) is 2. The molecule has 0 spiro atoms. The van der Waals surface area contributed by atoms with E-state index in [1.54, 1.807) is 0 Å². The van der Waals surface area contributed by atoms with Crippen LogP contribution in [0.5, 0.6) is 0 Å². The van der Waals surface area contributed by atoms with Gasteiger partial charge >= 0.3 is 0 Å². The minimum absolute atomic E-state index is 0.365. The average molecular weight is 400 g/mol. The van der Waals surface area contributed by atoms with Crippen molar-refractivity contribution in [1.29, 1.82) is 0 Å². The Morgan fingerprint density at radius 1 is 1.16 bits per heavy atom. The quantitative estimate of drug-likeness (QED) is 0.721. The van der Waals surface area contributed by atoms with Gasteiger partial charge < -0.3 is 11.1 Å². The Hall–Kier alpha value is -0.910. The Kier molecular flexibility index (Phi) is 4.60. The number of hydrogen-bond donors (Lipinski definition) is 2. The molecule has 0 saturated heterocycles. The molecule has 2 aromatic carbocycles. The number of nitrogens with two attached hydrogens (primary N) is 1. The van der Waals surface area contributed by atoms with Gasteiger partial charge in [0, 0.05) is 25.9 Å². The third-order valence-electron chi connectivity index (χ3n) is 2.70. The first-order chi connectivity index (χ1) is 8.99. The van der Waals surface area contributed by atoms with E-state index in [0.717, 1.165) is 31.4 Å². The van der Waals surface area contributed by atoms with Gasteiger partial charge in [-0.15, -0.1) is 0 Å². The standard InChI is InChI=1S/C14H12Br2N2S/c1-8-7-9(5-6-10(8)15)18-12-4-2-3-11(16)13(12)14(17)19/h2-7,18H,1H3,(H2,17,19). The van der Waals surface area contributed by atoms with E-state index in [9.17, 15) is 0 Å². The van der Waals surface area contributed by atoms with Gasteiger partial charge in [0.2, 0.25) is 0 Å². The number of benzene rings is 2. The van der Waals surface area contributed by atoms with Crippen molar-refractivity contribution in [3.05, 3.63) is 56.5 Å². The van der Waals surface area contributed by atoms with E-state index in [1.807, 2.05) is 37.3 Å². The summed E-state index contributed by atoms with van der Waals surface area (Å²) in [7, 11) is 0. The molecular formula is C14H12Br2N2S. The Labute approximate surface area is 134 Å². The Bertz CT molecular complexity index is 641. The lowest BCUT2D eigenvalue weighted by Crippen LogP contribution is -2.12. The molecule has 0 aliphatic heterocycles. The van der Waals surface area contributed by atoms with Crippen LogP contribution in [0, 0.1) is 6.92 Å². The molecule has 0 amide bonds. The van der Waals surface area contributed by atoms with Crippen LogP contribution in [0.4, 0.5) is 11.4 Å². The predicted molar refractivity (Wildman–Crippen MR) is 92.2 cm³/mol. The van der Waals surface area contributed by atoms with Crippen LogP contribution in [-0.2, 0) is 0 Å². The molecule has 2 rings (SSSR count). The van der Waals surface area contributed by atoms with E-state index in [4.69, 9.17) is 18.0 Å². The SMILES string of the molecule is Cc1cc(Nc2cccc(Br)c2C(N)=S)ccc1Br. The fraction of sp³-hybridized carbons (Fsp3) is 0.0714. The molecule has 3 N–H and O–H groups in total. The van der Waals surface area contributed by atoms with Crippen LogP contribution < -0.4 is 11.1 Å². The highest BCUT2D eigenvalue weighted by Crippen LogP contribution is 2.29. The first kappa shape index (κ1) is 14.5. The van der Waals surface area contributed by atoms with E-state index in [1.165, 1.54) is 0 Å². The fourth-order valence-corrected chi connectivity index (χ4v) is 2.93. The van der Waals surface area contributed by atoms with Crippen LogP contribution in [0.2, 0.25) is 0 Å². The van der Waals surface area contributed by atoms with Crippen molar-refractivity contribution in [3.63, 3.8) is 0 Å². The van der Waals surface area contributed by atoms with Crippen molar-refractivity contribution in [2.45, 2.75) is 6.92 Å². The van der Waals surface area contributed by atoms with Crippen molar-refractivity contribution < 1.29 is 0 Å². The number of thiocarbonyl (C=S) groups is 1. The van der Waals surface area contributed by atoms with Gasteiger partial charge in [0.1, 0.15) is 4.99 Å². The minimum atomic E-state index is 0.365. The van der Waals surface area contributed by atoms with Crippen molar-refractivity contribution in [2.75, 3.05) is 5.32 Å². The Morgan fingerprint density at radius 3 is 2.53 bits per heavy atom. The van der Waals surface area contributed by atoms with Gasteiger partial charge in [0.25, 0.3) is 0 Å². The summed E-state index contributed by atoms with van der Waals surface area (Å²) in [6.45, 7) is 2.05. The molecule has 5 heteroatoms. The maximum atomic E-state index is 5.78. The average Bonchev–Trinajstić information content (AvgIpc) is 2.33. The highest BCUT2D eigenvalue weighted by Gasteiger charge is 2.09. The molecule has 0 fully saturated rings. The molecule has 0 bridgehead atoms. The Morgan fingerprint density at radius 2 is 1.89 bits per heavy atom. The second-order valence-electron chi connectivity index (χ2n) is 4.12. The number of halogens is 2. The van der Waals surface area contributed by atoms with Crippen molar-refractivity contribution in [1.82, 2.24) is 0 Å². The molecule has 0 aromatic heterocycles. The first-order valence-corrected chi connectivity index (χ1v) is 7.60. The van der Waals surface area contributed by atoms with Gasteiger partial charge in [-0.1, -0.05) is 34.2 Å². The minimum Gasteiger partial charge on any atom is -0.389 e. The second kappa shape index (κ2) is 6.03. The summed E-state index contributed by atoms with van der Waals surface area (Å²) in [4.78, 5) is 0.365. The van der Waals surface area contributed by atoms with Gasteiger partial charge in [0.05, 0.1) is 0 Å². The number of anilines is 2. The molecule has 0 heterocycles. The van der Waals surface area contributed by atoms with Gasteiger partial charge in [-0.05, 0) is 58.7 Å². The van der Waals surface area contributed by atoms with Crippen LogP contribution in [0.3, 0.4) is 0 Å². The van der Waals surface area contributed by atoms with Crippen molar-refractivity contribution in [2.24, 2.45) is 5.73 Å². The molecule has 19 heavy (non-hydrogen) atoms. The molecule has 2 nitrogen and oxygen atoms in total. The van der Waals surface area contributed by atoms with Crippen molar-refractivity contribution >= 4 is 60.4 Å². The summed E-state index contributed by atoms with van der Waals surface area (Å²) in [5, 5.41) is 3.34. The lowest BCUT2D eigenvalue weighted by Gasteiger charge is -2.13. The molecule has 0 aliphatic carbocycles. The fourth-order valence-electron chi connectivity index (χ4n) is 1.76. The van der Waals surface area contributed by atoms with Crippen LogP contribution >= 0.6 is 44.1 Å². The highest BCUT2D eigenvalue weighted by molar-refractivity contribution is 9.10. The first-order valence-electron chi connectivity index (χ1n) is 5.60.